The van der Waals surface area contributed by atoms with E-state index in [1.165, 1.54) is 0 Å². The SMILES string of the molecule is NC(=O)OCCNc1c(N)cccc1C(N)=O. The zero-order valence-corrected chi connectivity index (χ0v) is 9.10. The van der Waals surface area contributed by atoms with Crippen LogP contribution in [0.1, 0.15) is 10.4 Å². The van der Waals surface area contributed by atoms with Crippen LogP contribution in [0.3, 0.4) is 0 Å². The lowest BCUT2D eigenvalue weighted by atomic mass is 10.1. The molecule has 1 aromatic rings. The number of primary amides is 2. The van der Waals surface area contributed by atoms with Crippen molar-refractivity contribution >= 4 is 23.4 Å². The molecule has 0 heterocycles. The molecule has 0 bridgehead atoms. The lowest BCUT2D eigenvalue weighted by molar-refractivity contribution is 0.100. The summed E-state index contributed by atoms with van der Waals surface area (Å²) in [6.07, 6.45) is -0.858. The van der Waals surface area contributed by atoms with E-state index in [2.05, 4.69) is 10.1 Å². The number of hydrogen-bond donors (Lipinski definition) is 4. The van der Waals surface area contributed by atoms with E-state index in [4.69, 9.17) is 17.2 Å². The fourth-order valence-corrected chi connectivity index (χ4v) is 1.30. The van der Waals surface area contributed by atoms with Gasteiger partial charge in [0.2, 0.25) is 0 Å². The summed E-state index contributed by atoms with van der Waals surface area (Å²) in [7, 11) is 0. The highest BCUT2D eigenvalue weighted by Gasteiger charge is 2.10. The van der Waals surface area contributed by atoms with Crippen LogP contribution in [0.4, 0.5) is 16.2 Å². The van der Waals surface area contributed by atoms with Crippen molar-refractivity contribution < 1.29 is 14.3 Å². The molecule has 1 rings (SSSR count). The largest absolute Gasteiger partial charge is 0.448 e. The summed E-state index contributed by atoms with van der Waals surface area (Å²) in [5.41, 5.74) is 16.8. The molecule has 0 aliphatic heterocycles. The normalized spacial score (nSPS) is 9.65. The molecule has 0 radical (unpaired) electrons. The lowest BCUT2D eigenvalue weighted by Crippen LogP contribution is -2.20. The monoisotopic (exact) mass is 238 g/mol. The van der Waals surface area contributed by atoms with Crippen LogP contribution in [0, 0.1) is 0 Å². The van der Waals surface area contributed by atoms with Gasteiger partial charge >= 0.3 is 6.09 Å². The highest BCUT2D eigenvalue weighted by molar-refractivity contribution is 6.01. The lowest BCUT2D eigenvalue weighted by Gasteiger charge is -2.12. The fraction of sp³-hybridized carbons (Fsp3) is 0.200. The Morgan fingerprint density at radius 1 is 1.29 bits per heavy atom. The first-order valence-corrected chi connectivity index (χ1v) is 4.86. The summed E-state index contributed by atoms with van der Waals surface area (Å²) in [4.78, 5) is 21.5. The molecule has 0 saturated heterocycles. The van der Waals surface area contributed by atoms with Crippen molar-refractivity contribution in [1.29, 1.82) is 0 Å². The summed E-state index contributed by atoms with van der Waals surface area (Å²) < 4.78 is 4.52. The van der Waals surface area contributed by atoms with Gasteiger partial charge in [0.25, 0.3) is 5.91 Å². The van der Waals surface area contributed by atoms with E-state index in [-0.39, 0.29) is 18.7 Å². The van der Waals surface area contributed by atoms with E-state index >= 15 is 0 Å². The first-order valence-electron chi connectivity index (χ1n) is 4.86. The van der Waals surface area contributed by atoms with Crippen LogP contribution in [0.15, 0.2) is 18.2 Å². The number of benzene rings is 1. The molecule has 0 aromatic heterocycles. The summed E-state index contributed by atoms with van der Waals surface area (Å²) in [6.45, 7) is 0.347. The number of anilines is 2. The van der Waals surface area contributed by atoms with Crippen LogP contribution in [-0.2, 0) is 4.74 Å². The third kappa shape index (κ3) is 3.56. The Kier molecular flexibility index (Phi) is 4.15. The smallest absolute Gasteiger partial charge is 0.404 e. The number of hydrogen-bond acceptors (Lipinski definition) is 5. The van der Waals surface area contributed by atoms with Crippen LogP contribution in [0.2, 0.25) is 0 Å². The van der Waals surface area contributed by atoms with Gasteiger partial charge in [-0.05, 0) is 12.1 Å². The van der Waals surface area contributed by atoms with Gasteiger partial charge in [0, 0.05) is 6.54 Å². The minimum atomic E-state index is -0.858. The molecule has 7 nitrogen and oxygen atoms in total. The maximum atomic E-state index is 11.1. The van der Waals surface area contributed by atoms with Crippen molar-refractivity contribution in [3.8, 4) is 0 Å². The second-order valence-corrected chi connectivity index (χ2v) is 3.23. The van der Waals surface area contributed by atoms with Gasteiger partial charge in [-0.2, -0.15) is 0 Å². The Labute approximate surface area is 97.9 Å². The molecule has 1 aromatic carbocycles. The molecule has 7 N–H and O–H groups in total. The number of para-hydroxylation sites is 1. The second kappa shape index (κ2) is 5.59. The van der Waals surface area contributed by atoms with Crippen molar-refractivity contribution in [2.45, 2.75) is 0 Å². The van der Waals surface area contributed by atoms with Crippen LogP contribution in [0.25, 0.3) is 0 Å². The number of carbonyl (C=O) groups excluding carboxylic acids is 2. The number of amides is 2. The van der Waals surface area contributed by atoms with Crippen LogP contribution >= 0.6 is 0 Å². The molecule has 17 heavy (non-hydrogen) atoms. The number of ether oxygens (including phenoxy) is 1. The van der Waals surface area contributed by atoms with Crippen LogP contribution in [-0.4, -0.2) is 25.2 Å². The number of carbonyl (C=O) groups is 2. The maximum absolute atomic E-state index is 11.1. The van der Waals surface area contributed by atoms with E-state index in [0.717, 1.165) is 0 Å². The van der Waals surface area contributed by atoms with E-state index in [0.29, 0.717) is 11.4 Å². The molecule has 0 spiro atoms. The molecule has 0 fully saturated rings. The van der Waals surface area contributed by atoms with Crippen molar-refractivity contribution in [3.63, 3.8) is 0 Å². The molecule has 0 saturated carbocycles. The molecule has 2 amide bonds. The third-order valence-electron chi connectivity index (χ3n) is 2.01. The van der Waals surface area contributed by atoms with Crippen LogP contribution < -0.4 is 22.5 Å². The Morgan fingerprint density at radius 2 is 2.00 bits per heavy atom. The maximum Gasteiger partial charge on any atom is 0.404 e. The van der Waals surface area contributed by atoms with E-state index in [9.17, 15) is 9.59 Å². The molecule has 92 valence electrons. The first kappa shape index (κ1) is 12.6. The number of nitrogen functional groups attached to an aromatic ring is 1. The second-order valence-electron chi connectivity index (χ2n) is 3.23. The average molecular weight is 238 g/mol. The molecule has 0 unspecified atom stereocenters. The van der Waals surface area contributed by atoms with E-state index in [1.54, 1.807) is 18.2 Å². The van der Waals surface area contributed by atoms with Crippen molar-refractivity contribution in [1.82, 2.24) is 0 Å². The topological polar surface area (TPSA) is 133 Å². The van der Waals surface area contributed by atoms with Gasteiger partial charge in [0.1, 0.15) is 6.61 Å². The minimum absolute atomic E-state index is 0.0713. The minimum Gasteiger partial charge on any atom is -0.448 e. The first-order chi connectivity index (χ1) is 8.02. The van der Waals surface area contributed by atoms with Gasteiger partial charge in [-0.1, -0.05) is 6.07 Å². The summed E-state index contributed by atoms with van der Waals surface area (Å²) in [6, 6.07) is 4.81. The number of rotatable bonds is 5. The van der Waals surface area contributed by atoms with Gasteiger partial charge in [-0.15, -0.1) is 0 Å². The molecule has 0 aliphatic rings. The van der Waals surface area contributed by atoms with Crippen LogP contribution in [0.5, 0.6) is 0 Å². The Hall–Kier alpha value is -2.44. The third-order valence-corrected chi connectivity index (χ3v) is 2.01. The van der Waals surface area contributed by atoms with Gasteiger partial charge in [-0.3, -0.25) is 4.79 Å². The predicted octanol–water partition coefficient (Wildman–Crippen LogP) is -0.125. The standard InChI is InChI=1S/C10H14N4O3/c11-7-3-1-2-6(9(12)15)8(7)14-4-5-17-10(13)16/h1-3,14H,4-5,11H2,(H2,12,15)(H2,13,16). The predicted molar refractivity (Wildman–Crippen MR) is 63.4 cm³/mol. The summed E-state index contributed by atoms with van der Waals surface area (Å²) in [5.74, 6) is -0.587. The van der Waals surface area contributed by atoms with E-state index in [1.807, 2.05) is 0 Å². The van der Waals surface area contributed by atoms with Gasteiger partial charge in [0.15, 0.2) is 0 Å². The Bertz CT molecular complexity index is 434. The van der Waals surface area contributed by atoms with Crippen molar-refractivity contribution in [3.05, 3.63) is 23.8 Å². The number of nitrogens with one attached hydrogen (secondary N) is 1. The highest BCUT2D eigenvalue weighted by atomic mass is 16.5. The van der Waals surface area contributed by atoms with Crippen molar-refractivity contribution in [2.24, 2.45) is 11.5 Å². The summed E-state index contributed by atoms with van der Waals surface area (Å²) >= 11 is 0. The zero-order chi connectivity index (χ0) is 12.8. The van der Waals surface area contributed by atoms with Crippen molar-refractivity contribution in [2.75, 3.05) is 24.2 Å². The Balaban J connectivity index is 2.69. The van der Waals surface area contributed by atoms with Gasteiger partial charge in [0.05, 0.1) is 16.9 Å². The molecular weight excluding hydrogens is 224 g/mol. The van der Waals surface area contributed by atoms with Gasteiger partial charge in [-0.25, -0.2) is 4.79 Å². The number of nitrogens with two attached hydrogens (primary N) is 3. The molecular formula is C10H14N4O3. The zero-order valence-electron chi connectivity index (χ0n) is 9.10. The summed E-state index contributed by atoms with van der Waals surface area (Å²) in [5, 5.41) is 2.86. The molecule has 0 atom stereocenters. The van der Waals surface area contributed by atoms with Gasteiger partial charge < -0.3 is 27.3 Å². The highest BCUT2D eigenvalue weighted by Crippen LogP contribution is 2.22. The van der Waals surface area contributed by atoms with E-state index < -0.39 is 12.0 Å². The molecule has 0 aliphatic carbocycles. The average Bonchev–Trinajstić information content (AvgIpc) is 2.25. The Morgan fingerprint density at radius 3 is 2.59 bits per heavy atom. The molecule has 7 heteroatoms. The quantitative estimate of drug-likeness (QED) is 0.419. The fourth-order valence-electron chi connectivity index (χ4n) is 1.30.